The van der Waals surface area contributed by atoms with Crippen LogP contribution in [0.5, 0.6) is 0 Å². The Bertz CT molecular complexity index is 896. The van der Waals surface area contributed by atoms with E-state index in [1.807, 2.05) is 25.1 Å². The smallest absolute Gasteiger partial charge is 0.203 e. The number of aliphatic hydroxyl groups excluding tert-OH is 1. The normalized spacial score (nSPS) is 11.0. The van der Waals surface area contributed by atoms with Gasteiger partial charge in [0.1, 0.15) is 22.5 Å². The average Bonchev–Trinajstić information content (AvgIpc) is 2.49. The van der Waals surface area contributed by atoms with Gasteiger partial charge >= 0.3 is 0 Å². The van der Waals surface area contributed by atoms with E-state index in [-0.39, 0.29) is 24.0 Å². The van der Waals surface area contributed by atoms with E-state index in [4.69, 9.17) is 4.42 Å². The van der Waals surface area contributed by atoms with Crippen LogP contribution in [-0.4, -0.2) is 11.7 Å². The number of halogens is 1. The molecule has 0 saturated heterocycles. The van der Waals surface area contributed by atoms with Crippen LogP contribution in [0.15, 0.2) is 51.7 Å². The first-order valence-electron chi connectivity index (χ1n) is 7.04. The summed E-state index contributed by atoms with van der Waals surface area (Å²) in [5.74, 6) is -0.225. The van der Waals surface area contributed by atoms with Crippen LogP contribution in [-0.2, 0) is 6.42 Å². The highest BCUT2D eigenvalue weighted by Gasteiger charge is 2.19. The molecule has 4 heteroatoms. The molecule has 22 heavy (non-hydrogen) atoms. The lowest BCUT2D eigenvalue weighted by atomic mass is 9.97. The maximum atomic E-state index is 14.1. The summed E-state index contributed by atoms with van der Waals surface area (Å²) in [5, 5.41) is 9.19. The fraction of sp³-hybridized carbons (Fsp3) is 0.167. The van der Waals surface area contributed by atoms with E-state index in [0.29, 0.717) is 16.9 Å². The molecular weight excluding hydrogens is 283 g/mol. The van der Waals surface area contributed by atoms with Gasteiger partial charge in [-0.3, -0.25) is 4.79 Å². The summed E-state index contributed by atoms with van der Waals surface area (Å²) in [6.45, 7) is 1.73. The van der Waals surface area contributed by atoms with Gasteiger partial charge in [0.15, 0.2) is 0 Å². The fourth-order valence-electron chi connectivity index (χ4n) is 2.65. The topological polar surface area (TPSA) is 50.4 Å². The first-order chi connectivity index (χ1) is 10.6. The van der Waals surface area contributed by atoms with Crippen molar-refractivity contribution in [1.82, 2.24) is 0 Å². The minimum Gasteiger partial charge on any atom is -0.460 e. The van der Waals surface area contributed by atoms with Crippen molar-refractivity contribution in [3.05, 3.63) is 69.8 Å². The van der Waals surface area contributed by atoms with Gasteiger partial charge in [-0.2, -0.15) is 0 Å². The summed E-state index contributed by atoms with van der Waals surface area (Å²) in [4.78, 5) is 12.8. The van der Waals surface area contributed by atoms with Crippen LogP contribution >= 0.6 is 0 Å². The molecular formula is C18H15FO3. The van der Waals surface area contributed by atoms with Crippen molar-refractivity contribution in [3.63, 3.8) is 0 Å². The summed E-state index contributed by atoms with van der Waals surface area (Å²) in [7, 11) is 0. The molecule has 1 heterocycles. The molecule has 3 nitrogen and oxygen atoms in total. The van der Waals surface area contributed by atoms with E-state index >= 15 is 0 Å². The van der Waals surface area contributed by atoms with Crippen LogP contribution in [0.25, 0.3) is 22.1 Å². The molecule has 0 bridgehead atoms. The van der Waals surface area contributed by atoms with Crippen molar-refractivity contribution in [2.75, 3.05) is 6.61 Å². The van der Waals surface area contributed by atoms with E-state index in [1.165, 1.54) is 12.1 Å². The summed E-state index contributed by atoms with van der Waals surface area (Å²) < 4.78 is 19.8. The van der Waals surface area contributed by atoms with E-state index in [0.717, 1.165) is 5.56 Å². The van der Waals surface area contributed by atoms with Crippen molar-refractivity contribution >= 4 is 11.0 Å². The molecule has 0 radical (unpaired) electrons. The second-order valence-corrected chi connectivity index (χ2v) is 5.13. The maximum Gasteiger partial charge on any atom is 0.203 e. The first-order valence-corrected chi connectivity index (χ1v) is 7.04. The zero-order valence-corrected chi connectivity index (χ0v) is 12.1. The highest BCUT2D eigenvalue weighted by atomic mass is 19.1. The van der Waals surface area contributed by atoms with Crippen molar-refractivity contribution in [1.29, 1.82) is 0 Å². The average molecular weight is 298 g/mol. The maximum absolute atomic E-state index is 14.1. The van der Waals surface area contributed by atoms with Crippen molar-refractivity contribution < 1.29 is 13.9 Å². The predicted molar refractivity (Wildman–Crippen MR) is 83.4 cm³/mol. The predicted octanol–water partition coefficient (Wildman–Crippen LogP) is 3.44. The number of hydrogen-bond donors (Lipinski definition) is 1. The Morgan fingerprint density at radius 2 is 1.91 bits per heavy atom. The third kappa shape index (κ3) is 2.31. The molecule has 0 aliphatic heterocycles. The quantitative estimate of drug-likeness (QED) is 0.806. The Balaban J connectivity index is 2.44. The van der Waals surface area contributed by atoms with Crippen LogP contribution in [0.4, 0.5) is 4.39 Å². The Labute approximate surface area is 126 Å². The number of rotatable bonds is 3. The minimum absolute atomic E-state index is 0.0533. The van der Waals surface area contributed by atoms with Crippen molar-refractivity contribution in [2.45, 2.75) is 13.3 Å². The zero-order valence-electron chi connectivity index (χ0n) is 12.1. The standard InChI is InChI=1S/C18H15FO3/c1-11-5-2-3-6-12(11)16-15(9-10-20)22-14-8-4-7-13(19)17(14)18(16)21/h2-8,20H,9-10H2,1H3. The Hall–Kier alpha value is -2.46. The molecule has 1 N–H and O–H groups in total. The second kappa shape index (κ2) is 5.73. The van der Waals surface area contributed by atoms with Gasteiger partial charge in [-0.05, 0) is 30.2 Å². The summed E-state index contributed by atoms with van der Waals surface area (Å²) >= 11 is 0. The first kappa shape index (κ1) is 14.5. The van der Waals surface area contributed by atoms with E-state index in [1.54, 1.807) is 12.1 Å². The lowest BCUT2D eigenvalue weighted by molar-refractivity contribution is 0.289. The van der Waals surface area contributed by atoms with Crippen molar-refractivity contribution in [2.24, 2.45) is 0 Å². The summed E-state index contributed by atoms with van der Waals surface area (Å²) in [6.07, 6.45) is 0.200. The summed E-state index contributed by atoms with van der Waals surface area (Å²) in [5.41, 5.74) is 1.71. The van der Waals surface area contributed by atoms with Crippen molar-refractivity contribution in [3.8, 4) is 11.1 Å². The molecule has 0 aliphatic carbocycles. The molecule has 0 atom stereocenters. The van der Waals surface area contributed by atoms with Gasteiger partial charge in [0.05, 0.1) is 12.2 Å². The molecule has 3 rings (SSSR count). The van der Waals surface area contributed by atoms with Crippen LogP contribution in [0.2, 0.25) is 0 Å². The van der Waals surface area contributed by atoms with Crippen LogP contribution in [0.1, 0.15) is 11.3 Å². The van der Waals surface area contributed by atoms with Gasteiger partial charge < -0.3 is 9.52 Å². The zero-order chi connectivity index (χ0) is 15.7. The van der Waals surface area contributed by atoms with E-state index in [9.17, 15) is 14.3 Å². The Morgan fingerprint density at radius 1 is 1.14 bits per heavy atom. The van der Waals surface area contributed by atoms with Gasteiger partial charge in [-0.25, -0.2) is 4.39 Å². The van der Waals surface area contributed by atoms with Crippen LogP contribution < -0.4 is 5.43 Å². The number of hydrogen-bond acceptors (Lipinski definition) is 3. The van der Waals surface area contributed by atoms with E-state index < -0.39 is 11.2 Å². The molecule has 0 fully saturated rings. The van der Waals surface area contributed by atoms with Gasteiger partial charge in [0.25, 0.3) is 0 Å². The third-order valence-corrected chi connectivity index (χ3v) is 3.69. The number of aryl methyl sites for hydroxylation is 1. The highest BCUT2D eigenvalue weighted by Crippen LogP contribution is 2.28. The van der Waals surface area contributed by atoms with E-state index in [2.05, 4.69) is 0 Å². The van der Waals surface area contributed by atoms with Crippen LogP contribution in [0.3, 0.4) is 0 Å². The third-order valence-electron chi connectivity index (χ3n) is 3.69. The lowest BCUT2D eigenvalue weighted by Crippen LogP contribution is -2.12. The fourth-order valence-corrected chi connectivity index (χ4v) is 2.65. The Kier molecular flexibility index (Phi) is 3.77. The largest absolute Gasteiger partial charge is 0.460 e. The lowest BCUT2D eigenvalue weighted by Gasteiger charge is -2.11. The molecule has 0 unspecified atom stereocenters. The van der Waals surface area contributed by atoms with Gasteiger partial charge in [-0.1, -0.05) is 30.3 Å². The number of benzene rings is 2. The molecule has 112 valence electrons. The second-order valence-electron chi connectivity index (χ2n) is 5.13. The SMILES string of the molecule is Cc1ccccc1-c1c(CCO)oc2cccc(F)c2c1=O. The minimum atomic E-state index is -0.600. The highest BCUT2D eigenvalue weighted by molar-refractivity contribution is 5.84. The molecule has 0 saturated carbocycles. The molecule has 0 aliphatic rings. The van der Waals surface area contributed by atoms with Gasteiger partial charge in [-0.15, -0.1) is 0 Å². The van der Waals surface area contributed by atoms with Gasteiger partial charge in [0.2, 0.25) is 5.43 Å². The molecule has 0 spiro atoms. The molecule has 1 aromatic heterocycles. The number of fused-ring (bicyclic) bond motifs is 1. The van der Waals surface area contributed by atoms with Gasteiger partial charge in [0, 0.05) is 6.42 Å². The molecule has 2 aromatic carbocycles. The summed E-state index contributed by atoms with van der Waals surface area (Å²) in [6, 6.07) is 11.7. The Morgan fingerprint density at radius 3 is 2.64 bits per heavy atom. The number of aliphatic hydroxyl groups is 1. The molecule has 3 aromatic rings. The monoisotopic (exact) mass is 298 g/mol. The van der Waals surface area contributed by atoms with Crippen LogP contribution in [0, 0.1) is 12.7 Å². The molecule has 0 amide bonds.